The van der Waals surface area contributed by atoms with E-state index in [1.807, 2.05) is 25.8 Å². The predicted molar refractivity (Wildman–Crippen MR) is 146 cm³/mol. The zero-order chi connectivity index (χ0) is 28.3. The van der Waals surface area contributed by atoms with Crippen molar-refractivity contribution < 1.29 is 38.4 Å². The number of hydrogen-bond acceptors (Lipinski definition) is 9. The topological polar surface area (TPSA) is 107 Å². The lowest BCUT2D eigenvalue weighted by Crippen LogP contribution is -2.31. The highest BCUT2D eigenvalue weighted by molar-refractivity contribution is 6.46. The molecule has 4 rings (SSSR count). The highest BCUT2D eigenvalue weighted by Gasteiger charge is 2.46. The lowest BCUT2D eigenvalue weighted by molar-refractivity contribution is -0.140. The highest BCUT2D eigenvalue weighted by Crippen LogP contribution is 2.46. The van der Waals surface area contributed by atoms with E-state index in [2.05, 4.69) is 0 Å². The SMILES string of the molecule is COc1cc(C2/C(=C(\O)c3ccc4c(c3)N(C)CCO4)C(=O)C(=O)N2CCCOC(C)C)cc(OC)c1OC. The van der Waals surface area contributed by atoms with E-state index in [0.717, 1.165) is 5.69 Å². The number of ether oxygens (including phenoxy) is 5. The van der Waals surface area contributed by atoms with E-state index in [1.54, 1.807) is 30.3 Å². The fourth-order valence-electron chi connectivity index (χ4n) is 4.92. The molecule has 2 aliphatic rings. The molecule has 0 bridgehead atoms. The van der Waals surface area contributed by atoms with E-state index in [4.69, 9.17) is 23.7 Å². The molecule has 2 aliphatic heterocycles. The van der Waals surface area contributed by atoms with Gasteiger partial charge in [0, 0.05) is 25.8 Å². The number of fused-ring (bicyclic) bond motifs is 1. The van der Waals surface area contributed by atoms with Gasteiger partial charge in [-0.25, -0.2) is 0 Å². The van der Waals surface area contributed by atoms with Crippen molar-refractivity contribution in [3.05, 3.63) is 47.0 Å². The monoisotopic (exact) mass is 540 g/mol. The Balaban J connectivity index is 1.85. The van der Waals surface area contributed by atoms with Gasteiger partial charge in [0.1, 0.15) is 18.1 Å². The number of ketones is 1. The molecule has 210 valence electrons. The predicted octanol–water partition coefficient (Wildman–Crippen LogP) is 3.78. The lowest BCUT2D eigenvalue weighted by Gasteiger charge is -2.28. The Kier molecular flexibility index (Phi) is 8.54. The number of likely N-dealkylation sites (tertiary alicyclic amines) is 1. The molecular formula is C29H36N2O8. The fraction of sp³-hybridized carbons (Fsp3) is 0.448. The molecular weight excluding hydrogens is 504 g/mol. The van der Waals surface area contributed by atoms with E-state index < -0.39 is 17.7 Å². The molecule has 39 heavy (non-hydrogen) atoms. The minimum atomic E-state index is -0.886. The van der Waals surface area contributed by atoms with Crippen LogP contribution in [0.15, 0.2) is 35.9 Å². The second-order valence-corrected chi connectivity index (χ2v) is 9.68. The molecule has 1 N–H and O–H groups in total. The minimum Gasteiger partial charge on any atom is -0.507 e. The number of anilines is 1. The number of rotatable bonds is 10. The second-order valence-electron chi connectivity index (χ2n) is 9.68. The molecule has 10 nitrogen and oxygen atoms in total. The standard InChI is InChI=1S/C29H36N2O8/c1-17(2)38-12-7-10-31-25(19-15-22(35-4)28(37-6)23(16-19)36-5)24(27(33)29(31)34)26(32)18-8-9-21-20(14-18)30(3)11-13-39-21/h8-9,14-17,25,32H,7,10-13H2,1-6H3/b26-24+. The van der Waals surface area contributed by atoms with Crippen molar-refractivity contribution in [2.24, 2.45) is 0 Å². The highest BCUT2D eigenvalue weighted by atomic mass is 16.5. The van der Waals surface area contributed by atoms with Gasteiger partial charge in [-0.1, -0.05) is 0 Å². The van der Waals surface area contributed by atoms with Crippen LogP contribution in [-0.4, -0.2) is 82.5 Å². The number of amides is 1. The number of likely N-dealkylation sites (N-methyl/N-ethyl adjacent to an activating group) is 1. The van der Waals surface area contributed by atoms with Crippen molar-refractivity contribution >= 4 is 23.1 Å². The number of methoxy groups -OCH3 is 3. The molecule has 1 fully saturated rings. The van der Waals surface area contributed by atoms with Gasteiger partial charge in [0.05, 0.1) is 51.3 Å². The molecule has 1 atom stereocenters. The Hall–Kier alpha value is -3.92. The summed E-state index contributed by atoms with van der Waals surface area (Å²) in [5, 5.41) is 11.6. The molecule has 1 unspecified atom stereocenters. The summed E-state index contributed by atoms with van der Waals surface area (Å²) in [4.78, 5) is 30.3. The quantitative estimate of drug-likeness (QED) is 0.209. The number of Topliss-reactive ketones (excluding diaryl/α,β-unsaturated/α-hetero) is 1. The fourth-order valence-corrected chi connectivity index (χ4v) is 4.92. The zero-order valence-corrected chi connectivity index (χ0v) is 23.3. The van der Waals surface area contributed by atoms with Crippen LogP contribution in [-0.2, 0) is 14.3 Å². The maximum absolute atomic E-state index is 13.5. The van der Waals surface area contributed by atoms with Gasteiger partial charge < -0.3 is 38.6 Å². The van der Waals surface area contributed by atoms with E-state index in [1.165, 1.54) is 26.2 Å². The van der Waals surface area contributed by atoms with Crippen LogP contribution in [0, 0.1) is 0 Å². The van der Waals surface area contributed by atoms with Gasteiger partial charge in [-0.3, -0.25) is 9.59 Å². The number of nitrogens with zero attached hydrogens (tertiary/aromatic N) is 2. The summed E-state index contributed by atoms with van der Waals surface area (Å²) in [5.74, 6) is 0.0727. The number of hydrogen-bond donors (Lipinski definition) is 1. The van der Waals surface area contributed by atoms with Crippen LogP contribution in [0.4, 0.5) is 5.69 Å². The molecule has 0 saturated carbocycles. The van der Waals surface area contributed by atoms with E-state index in [9.17, 15) is 14.7 Å². The molecule has 2 aromatic rings. The average molecular weight is 541 g/mol. The average Bonchev–Trinajstić information content (AvgIpc) is 3.19. The first kappa shape index (κ1) is 28.1. The van der Waals surface area contributed by atoms with Crippen molar-refractivity contribution in [3.8, 4) is 23.0 Å². The summed E-state index contributed by atoms with van der Waals surface area (Å²) in [6.45, 7) is 5.77. The van der Waals surface area contributed by atoms with Crippen LogP contribution in [0.3, 0.4) is 0 Å². The Labute approximate surface area is 228 Å². The lowest BCUT2D eigenvalue weighted by atomic mass is 9.94. The van der Waals surface area contributed by atoms with Gasteiger partial charge >= 0.3 is 0 Å². The van der Waals surface area contributed by atoms with Crippen LogP contribution in [0.2, 0.25) is 0 Å². The Bertz CT molecular complexity index is 1250. The van der Waals surface area contributed by atoms with Crippen molar-refractivity contribution in [2.45, 2.75) is 32.4 Å². The molecule has 2 heterocycles. The largest absolute Gasteiger partial charge is 0.507 e. The minimum absolute atomic E-state index is 0.0154. The van der Waals surface area contributed by atoms with Gasteiger partial charge in [-0.2, -0.15) is 0 Å². The number of carbonyl (C=O) groups is 2. The smallest absolute Gasteiger partial charge is 0.295 e. The normalized spacial score (nSPS) is 18.3. The van der Waals surface area contributed by atoms with Crippen LogP contribution < -0.4 is 23.8 Å². The molecule has 0 aliphatic carbocycles. The Morgan fingerprint density at radius 1 is 1.08 bits per heavy atom. The van der Waals surface area contributed by atoms with Gasteiger partial charge in [0.25, 0.3) is 11.7 Å². The van der Waals surface area contributed by atoms with Crippen LogP contribution in [0.1, 0.15) is 37.4 Å². The Morgan fingerprint density at radius 2 is 1.77 bits per heavy atom. The van der Waals surface area contributed by atoms with Crippen LogP contribution in [0.25, 0.3) is 5.76 Å². The summed E-state index contributed by atoms with van der Waals surface area (Å²) in [6, 6.07) is 7.70. The molecule has 1 saturated heterocycles. The van der Waals surface area contributed by atoms with Gasteiger partial charge in [-0.05, 0) is 56.2 Å². The summed E-state index contributed by atoms with van der Waals surface area (Å²) in [6.07, 6.45) is 0.546. The van der Waals surface area contributed by atoms with Crippen molar-refractivity contribution in [1.82, 2.24) is 4.90 Å². The van der Waals surface area contributed by atoms with Crippen LogP contribution >= 0.6 is 0 Å². The Morgan fingerprint density at radius 3 is 2.38 bits per heavy atom. The molecule has 0 radical (unpaired) electrons. The number of aliphatic hydroxyl groups is 1. The van der Waals surface area contributed by atoms with Gasteiger partial charge in [-0.15, -0.1) is 0 Å². The molecule has 1 amide bonds. The number of aliphatic hydroxyl groups excluding tert-OH is 1. The zero-order valence-electron chi connectivity index (χ0n) is 23.3. The maximum atomic E-state index is 13.5. The third kappa shape index (κ3) is 5.47. The first-order valence-corrected chi connectivity index (χ1v) is 12.9. The van der Waals surface area contributed by atoms with Gasteiger partial charge in [0.2, 0.25) is 5.75 Å². The van der Waals surface area contributed by atoms with E-state index in [0.29, 0.717) is 60.3 Å². The summed E-state index contributed by atoms with van der Waals surface area (Å²) in [7, 11) is 6.41. The van der Waals surface area contributed by atoms with Crippen molar-refractivity contribution in [1.29, 1.82) is 0 Å². The third-order valence-corrected chi connectivity index (χ3v) is 6.87. The van der Waals surface area contributed by atoms with E-state index >= 15 is 0 Å². The molecule has 0 aromatic heterocycles. The summed E-state index contributed by atoms with van der Waals surface area (Å²) < 4.78 is 27.9. The van der Waals surface area contributed by atoms with Gasteiger partial charge in [0.15, 0.2) is 11.5 Å². The van der Waals surface area contributed by atoms with Crippen molar-refractivity contribution in [3.63, 3.8) is 0 Å². The maximum Gasteiger partial charge on any atom is 0.295 e. The van der Waals surface area contributed by atoms with E-state index in [-0.39, 0.29) is 24.0 Å². The number of benzene rings is 2. The van der Waals surface area contributed by atoms with Crippen LogP contribution in [0.5, 0.6) is 23.0 Å². The first-order valence-electron chi connectivity index (χ1n) is 12.9. The molecule has 0 spiro atoms. The first-order chi connectivity index (χ1) is 18.7. The second kappa shape index (κ2) is 11.9. The summed E-state index contributed by atoms with van der Waals surface area (Å²) >= 11 is 0. The number of carbonyl (C=O) groups excluding carboxylic acids is 2. The molecule has 10 heteroatoms. The third-order valence-electron chi connectivity index (χ3n) is 6.87. The van der Waals surface area contributed by atoms with Crippen molar-refractivity contribution in [2.75, 3.05) is 59.6 Å². The summed E-state index contributed by atoms with van der Waals surface area (Å²) in [5.41, 5.74) is 1.71. The molecule has 2 aromatic carbocycles.